The van der Waals surface area contributed by atoms with Crippen LogP contribution in [0.15, 0.2) is 6.20 Å². The van der Waals surface area contributed by atoms with E-state index >= 15 is 0 Å². The predicted molar refractivity (Wildman–Crippen MR) is 99.7 cm³/mol. The van der Waals surface area contributed by atoms with Crippen LogP contribution >= 0.6 is 0 Å². The van der Waals surface area contributed by atoms with Crippen molar-refractivity contribution in [3.05, 3.63) is 6.20 Å². The zero-order chi connectivity index (χ0) is 18.8. The van der Waals surface area contributed by atoms with Gasteiger partial charge < -0.3 is 15.4 Å². The molecule has 2 atom stereocenters. The number of nitrogens with zero attached hydrogens (tertiary/aromatic N) is 6. The maximum absolute atomic E-state index is 12.9. The van der Waals surface area contributed by atoms with E-state index in [4.69, 9.17) is 10.5 Å². The lowest BCUT2D eigenvalue weighted by Crippen LogP contribution is -2.48. The molecule has 0 aromatic carbocycles. The summed E-state index contributed by atoms with van der Waals surface area (Å²) in [6.45, 7) is 2.54. The number of rotatable bonds is 3. The molecule has 4 heterocycles. The van der Waals surface area contributed by atoms with Crippen LogP contribution in [-0.2, 0) is 21.8 Å². The molecule has 3 aliphatic rings. The van der Waals surface area contributed by atoms with Crippen LogP contribution in [0.5, 0.6) is 0 Å². The van der Waals surface area contributed by atoms with E-state index in [1.54, 1.807) is 15.2 Å². The number of nitrogens with two attached hydrogens (primary N) is 1. The Kier molecular flexibility index (Phi) is 3.82. The van der Waals surface area contributed by atoms with Crippen LogP contribution in [0, 0.1) is 5.92 Å². The first kappa shape index (κ1) is 17.1. The van der Waals surface area contributed by atoms with Gasteiger partial charge in [0.25, 0.3) is 0 Å². The molecule has 2 aliphatic heterocycles. The molecule has 0 radical (unpaired) electrons. The van der Waals surface area contributed by atoms with Crippen molar-refractivity contribution in [1.82, 2.24) is 24.1 Å². The second-order valence-corrected chi connectivity index (χ2v) is 9.86. The highest BCUT2D eigenvalue weighted by Crippen LogP contribution is 2.35. The fourth-order valence-electron chi connectivity index (χ4n) is 4.01. The number of nitrogen functional groups attached to an aromatic ring is 1. The van der Waals surface area contributed by atoms with Gasteiger partial charge in [0, 0.05) is 32.6 Å². The number of fused-ring (bicyclic) bond motifs is 4. The molecule has 27 heavy (non-hydrogen) atoms. The Morgan fingerprint density at radius 3 is 2.78 bits per heavy atom. The van der Waals surface area contributed by atoms with Gasteiger partial charge in [-0.2, -0.15) is 19.4 Å². The molecule has 2 saturated heterocycles. The lowest BCUT2D eigenvalue weighted by molar-refractivity contribution is 0.0978. The summed E-state index contributed by atoms with van der Waals surface area (Å²) in [5.74, 6) is 0.973. The summed E-state index contributed by atoms with van der Waals surface area (Å²) < 4.78 is 34.9. The standard InChI is InChI=1S/C16H23N7O3S/c1-21-15-13(4-18-21)14(17)19-16(20-15)22-5-10-6-23(11(7-22)9-26-8-10)27(24,25)12-2-3-12/h4,10-12H,2-3,5-9H2,1H3,(H2,17,19,20)/t10-,11-/m0/s1. The van der Waals surface area contributed by atoms with Crippen molar-refractivity contribution in [2.75, 3.05) is 43.5 Å². The highest BCUT2D eigenvalue weighted by Gasteiger charge is 2.46. The van der Waals surface area contributed by atoms with E-state index in [2.05, 4.69) is 15.1 Å². The molecule has 11 heteroatoms. The Hall–Kier alpha value is -1.98. The SMILES string of the molecule is Cn1ncc2c(N)nc(N3C[C@@H]4COC[C@H](C3)N(S(=O)(=O)C3CC3)C4)nc21. The van der Waals surface area contributed by atoms with Crippen molar-refractivity contribution in [3.63, 3.8) is 0 Å². The van der Waals surface area contributed by atoms with Gasteiger partial charge in [-0.25, -0.2) is 8.42 Å². The van der Waals surface area contributed by atoms with E-state index in [-0.39, 0.29) is 17.2 Å². The van der Waals surface area contributed by atoms with Crippen LogP contribution in [0.25, 0.3) is 11.0 Å². The maximum Gasteiger partial charge on any atom is 0.229 e. The van der Waals surface area contributed by atoms with Crippen molar-refractivity contribution in [3.8, 4) is 0 Å². The Bertz CT molecular complexity index is 987. The van der Waals surface area contributed by atoms with E-state index in [9.17, 15) is 8.42 Å². The van der Waals surface area contributed by atoms with Crippen LogP contribution in [0.4, 0.5) is 11.8 Å². The monoisotopic (exact) mass is 393 g/mol. The van der Waals surface area contributed by atoms with Crippen LogP contribution in [0.1, 0.15) is 12.8 Å². The largest absolute Gasteiger partial charge is 0.383 e. The minimum Gasteiger partial charge on any atom is -0.383 e. The van der Waals surface area contributed by atoms with Crippen LogP contribution in [-0.4, -0.2) is 76.6 Å². The summed E-state index contributed by atoms with van der Waals surface area (Å²) in [4.78, 5) is 11.2. The van der Waals surface area contributed by atoms with E-state index in [0.29, 0.717) is 50.3 Å². The number of ether oxygens (including phenoxy) is 1. The normalized spacial score (nSPS) is 27.1. The van der Waals surface area contributed by atoms with Crippen LogP contribution in [0.3, 0.4) is 0 Å². The quantitative estimate of drug-likeness (QED) is 0.746. The van der Waals surface area contributed by atoms with E-state index in [0.717, 1.165) is 18.2 Å². The number of hydrogen-bond donors (Lipinski definition) is 1. The van der Waals surface area contributed by atoms with E-state index in [1.807, 2.05) is 11.9 Å². The van der Waals surface area contributed by atoms with Gasteiger partial charge in [-0.3, -0.25) is 4.68 Å². The Balaban J connectivity index is 1.51. The van der Waals surface area contributed by atoms with Crippen molar-refractivity contribution in [2.45, 2.75) is 24.1 Å². The van der Waals surface area contributed by atoms with E-state index in [1.165, 1.54) is 0 Å². The number of sulfonamides is 1. The summed E-state index contributed by atoms with van der Waals surface area (Å²) in [7, 11) is -1.45. The van der Waals surface area contributed by atoms with Gasteiger partial charge in [-0.15, -0.1) is 0 Å². The third kappa shape index (κ3) is 2.84. The van der Waals surface area contributed by atoms with Crippen LogP contribution < -0.4 is 10.6 Å². The summed E-state index contributed by atoms with van der Waals surface area (Å²) in [5.41, 5.74) is 6.79. The molecule has 2 bridgehead atoms. The Morgan fingerprint density at radius 1 is 1.19 bits per heavy atom. The van der Waals surface area contributed by atoms with Gasteiger partial charge in [-0.1, -0.05) is 0 Å². The predicted octanol–water partition coefficient (Wildman–Crippen LogP) is -0.425. The molecule has 0 unspecified atom stereocenters. The highest BCUT2D eigenvalue weighted by atomic mass is 32.2. The maximum atomic E-state index is 12.9. The average Bonchev–Trinajstić information content (AvgIpc) is 3.43. The number of hydrogen-bond acceptors (Lipinski definition) is 8. The van der Waals surface area contributed by atoms with Crippen molar-refractivity contribution < 1.29 is 13.2 Å². The Morgan fingerprint density at radius 2 is 2.00 bits per heavy atom. The van der Waals surface area contributed by atoms with Gasteiger partial charge in [0.15, 0.2) is 5.65 Å². The van der Waals surface area contributed by atoms with Crippen molar-refractivity contribution in [2.24, 2.45) is 13.0 Å². The molecule has 2 aromatic heterocycles. The minimum absolute atomic E-state index is 0.0677. The fraction of sp³-hybridized carbons (Fsp3) is 0.688. The number of aryl methyl sites for hydroxylation is 1. The third-order valence-corrected chi connectivity index (χ3v) is 8.00. The molecular weight excluding hydrogens is 370 g/mol. The second kappa shape index (κ2) is 6.01. The third-order valence-electron chi connectivity index (χ3n) is 5.58. The minimum atomic E-state index is -3.27. The molecule has 10 nitrogen and oxygen atoms in total. The molecule has 0 spiro atoms. The lowest BCUT2D eigenvalue weighted by Gasteiger charge is -2.30. The molecule has 1 aliphatic carbocycles. The van der Waals surface area contributed by atoms with Gasteiger partial charge in [-0.05, 0) is 12.8 Å². The number of aromatic nitrogens is 4. The first-order valence-corrected chi connectivity index (χ1v) is 10.7. The molecule has 2 aromatic rings. The molecule has 3 fully saturated rings. The second-order valence-electron chi connectivity index (χ2n) is 7.69. The molecular formula is C16H23N7O3S. The average molecular weight is 393 g/mol. The fourth-order valence-corrected chi connectivity index (χ4v) is 6.09. The molecule has 5 rings (SSSR count). The van der Waals surface area contributed by atoms with E-state index < -0.39 is 10.0 Å². The zero-order valence-electron chi connectivity index (χ0n) is 15.2. The summed E-state index contributed by atoms with van der Waals surface area (Å²) in [6, 6.07) is -0.241. The van der Waals surface area contributed by atoms with Gasteiger partial charge in [0.05, 0.1) is 36.1 Å². The molecule has 146 valence electrons. The van der Waals surface area contributed by atoms with Crippen molar-refractivity contribution >= 4 is 32.8 Å². The van der Waals surface area contributed by atoms with Crippen LogP contribution in [0.2, 0.25) is 0 Å². The summed E-state index contributed by atoms with van der Waals surface area (Å²) in [5, 5.41) is 4.70. The summed E-state index contributed by atoms with van der Waals surface area (Å²) >= 11 is 0. The number of anilines is 2. The van der Waals surface area contributed by atoms with Gasteiger partial charge in [0.2, 0.25) is 16.0 Å². The molecule has 2 N–H and O–H groups in total. The first-order chi connectivity index (χ1) is 12.9. The topological polar surface area (TPSA) is 119 Å². The first-order valence-electron chi connectivity index (χ1n) is 9.22. The molecule has 1 saturated carbocycles. The van der Waals surface area contributed by atoms with Gasteiger partial charge >= 0.3 is 0 Å². The van der Waals surface area contributed by atoms with Gasteiger partial charge in [0.1, 0.15) is 5.82 Å². The smallest absolute Gasteiger partial charge is 0.229 e. The zero-order valence-corrected chi connectivity index (χ0v) is 16.0. The van der Waals surface area contributed by atoms with Crippen molar-refractivity contribution in [1.29, 1.82) is 0 Å². The Labute approximate surface area is 157 Å². The highest BCUT2D eigenvalue weighted by molar-refractivity contribution is 7.90. The summed E-state index contributed by atoms with van der Waals surface area (Å²) in [6.07, 6.45) is 3.18. The lowest BCUT2D eigenvalue weighted by atomic mass is 10.1. The molecule has 0 amide bonds.